The van der Waals surface area contributed by atoms with Crippen LogP contribution in [0.1, 0.15) is 18.4 Å². The highest BCUT2D eigenvalue weighted by Gasteiger charge is 2.06. The van der Waals surface area contributed by atoms with Crippen LogP contribution in [0.3, 0.4) is 0 Å². The van der Waals surface area contributed by atoms with E-state index in [9.17, 15) is 13.6 Å². The van der Waals surface area contributed by atoms with E-state index in [1.54, 1.807) is 6.92 Å². The third kappa shape index (κ3) is 1.87. The maximum Gasteiger partial charge on any atom is 0.127 e. The summed E-state index contributed by atoms with van der Waals surface area (Å²) in [4.78, 5) is 10.3. The van der Waals surface area contributed by atoms with Gasteiger partial charge in [-0.05, 0) is 17.7 Å². The van der Waals surface area contributed by atoms with E-state index in [2.05, 4.69) is 0 Å². The van der Waals surface area contributed by atoms with E-state index in [0.29, 0.717) is 11.8 Å². The average molecular weight is 170 g/mol. The Balaban J connectivity index is 3.08. The summed E-state index contributed by atoms with van der Waals surface area (Å²) in [6, 6.07) is 3.09. The topological polar surface area (TPSA) is 17.1 Å². The Morgan fingerprint density at radius 1 is 1.25 bits per heavy atom. The number of rotatable bonds is 2. The predicted octanol–water partition coefficient (Wildman–Crippen LogP) is 2.27. The molecule has 0 aliphatic rings. The summed E-state index contributed by atoms with van der Waals surface area (Å²) in [7, 11) is 0. The summed E-state index contributed by atoms with van der Waals surface area (Å²) in [6.07, 6.45) is 0.647. The molecule has 3 heteroatoms. The van der Waals surface area contributed by atoms with Crippen LogP contribution in [0.2, 0.25) is 0 Å². The van der Waals surface area contributed by atoms with Crippen molar-refractivity contribution in [3.05, 3.63) is 35.4 Å². The van der Waals surface area contributed by atoms with E-state index in [1.165, 1.54) is 0 Å². The molecule has 0 fully saturated rings. The highest BCUT2D eigenvalue weighted by molar-refractivity contribution is 5.61. The van der Waals surface area contributed by atoms with Crippen LogP contribution in [-0.4, -0.2) is 6.29 Å². The largest absolute Gasteiger partial charge is 0.303 e. The molecule has 64 valence electrons. The number of benzene rings is 1. The number of carbonyl (C=O) groups excluding carboxylic acids is 1. The summed E-state index contributed by atoms with van der Waals surface area (Å²) in [5.74, 6) is -1.77. The van der Waals surface area contributed by atoms with Crippen molar-refractivity contribution in [1.82, 2.24) is 0 Å². The van der Waals surface area contributed by atoms with Gasteiger partial charge in [-0.25, -0.2) is 8.78 Å². The molecule has 1 aromatic carbocycles. The van der Waals surface area contributed by atoms with Crippen LogP contribution in [0, 0.1) is 11.6 Å². The molecule has 0 aliphatic carbocycles. The van der Waals surface area contributed by atoms with Crippen molar-refractivity contribution in [3.63, 3.8) is 0 Å². The Kier molecular flexibility index (Phi) is 2.53. The van der Waals surface area contributed by atoms with Crippen molar-refractivity contribution in [2.24, 2.45) is 0 Å². The first-order chi connectivity index (χ1) is 5.63. The summed E-state index contributed by atoms with van der Waals surface area (Å²) in [6.45, 7) is 1.58. The fourth-order valence-corrected chi connectivity index (χ4v) is 0.917. The minimum Gasteiger partial charge on any atom is -0.303 e. The first kappa shape index (κ1) is 8.84. The van der Waals surface area contributed by atoms with E-state index in [1.807, 2.05) is 0 Å². The van der Waals surface area contributed by atoms with Gasteiger partial charge in [-0.2, -0.15) is 0 Å². The zero-order valence-electron chi connectivity index (χ0n) is 6.55. The molecular weight excluding hydrogens is 162 g/mol. The number of halogens is 2. The van der Waals surface area contributed by atoms with Gasteiger partial charge in [0.1, 0.15) is 17.9 Å². The maximum absolute atomic E-state index is 12.6. The number of carbonyl (C=O) groups is 1. The standard InChI is InChI=1S/C9H8F2O/c1-6(5-12)7-2-8(10)4-9(11)3-7/h2-6H,1H3. The second kappa shape index (κ2) is 3.43. The van der Waals surface area contributed by atoms with E-state index >= 15 is 0 Å². The molecule has 1 atom stereocenters. The second-order valence-electron chi connectivity index (χ2n) is 2.63. The van der Waals surface area contributed by atoms with Gasteiger partial charge >= 0.3 is 0 Å². The van der Waals surface area contributed by atoms with Gasteiger partial charge in [-0.1, -0.05) is 6.92 Å². The molecule has 0 bridgehead atoms. The Morgan fingerprint density at radius 2 is 1.75 bits per heavy atom. The van der Waals surface area contributed by atoms with Crippen LogP contribution >= 0.6 is 0 Å². The molecule has 0 heterocycles. The minimum absolute atomic E-state index is 0.363. The molecule has 0 radical (unpaired) electrons. The lowest BCUT2D eigenvalue weighted by Gasteiger charge is -2.03. The molecular formula is C9H8F2O. The van der Waals surface area contributed by atoms with Crippen LogP contribution in [0.5, 0.6) is 0 Å². The van der Waals surface area contributed by atoms with E-state index in [-0.39, 0.29) is 0 Å². The molecule has 0 aliphatic heterocycles. The molecule has 1 rings (SSSR count). The van der Waals surface area contributed by atoms with Crippen LogP contribution in [0.4, 0.5) is 8.78 Å². The molecule has 0 amide bonds. The summed E-state index contributed by atoms with van der Waals surface area (Å²) < 4.78 is 25.1. The fraction of sp³-hybridized carbons (Fsp3) is 0.222. The molecule has 0 N–H and O–H groups in total. The van der Waals surface area contributed by atoms with Crippen molar-refractivity contribution in [1.29, 1.82) is 0 Å². The molecule has 1 aromatic rings. The molecule has 0 aromatic heterocycles. The molecule has 1 unspecified atom stereocenters. The van der Waals surface area contributed by atoms with Gasteiger partial charge in [0.05, 0.1) is 0 Å². The van der Waals surface area contributed by atoms with Gasteiger partial charge < -0.3 is 4.79 Å². The van der Waals surface area contributed by atoms with Gasteiger partial charge in [0.2, 0.25) is 0 Å². The Morgan fingerprint density at radius 3 is 2.17 bits per heavy atom. The lowest BCUT2D eigenvalue weighted by atomic mass is 10.0. The molecule has 0 spiro atoms. The monoisotopic (exact) mass is 170 g/mol. The quantitative estimate of drug-likeness (QED) is 0.622. The smallest absolute Gasteiger partial charge is 0.127 e. The lowest BCUT2D eigenvalue weighted by Crippen LogP contribution is -1.96. The molecule has 0 saturated heterocycles. The molecule has 12 heavy (non-hydrogen) atoms. The van der Waals surface area contributed by atoms with E-state index in [0.717, 1.165) is 18.2 Å². The highest BCUT2D eigenvalue weighted by atomic mass is 19.1. The van der Waals surface area contributed by atoms with Crippen molar-refractivity contribution < 1.29 is 13.6 Å². The van der Waals surface area contributed by atoms with Crippen molar-refractivity contribution in [2.45, 2.75) is 12.8 Å². The molecule has 1 nitrogen and oxygen atoms in total. The third-order valence-corrected chi connectivity index (χ3v) is 1.61. The van der Waals surface area contributed by atoms with E-state index < -0.39 is 17.6 Å². The lowest BCUT2D eigenvalue weighted by molar-refractivity contribution is -0.108. The highest BCUT2D eigenvalue weighted by Crippen LogP contribution is 2.15. The average Bonchev–Trinajstić information content (AvgIpc) is 2.01. The van der Waals surface area contributed by atoms with Gasteiger partial charge in [0, 0.05) is 12.0 Å². The number of aldehydes is 1. The van der Waals surface area contributed by atoms with Crippen LogP contribution < -0.4 is 0 Å². The molecule has 0 saturated carbocycles. The Hall–Kier alpha value is -1.25. The fourth-order valence-electron chi connectivity index (χ4n) is 0.917. The summed E-state index contributed by atoms with van der Waals surface area (Å²) in [5.41, 5.74) is 0.363. The van der Waals surface area contributed by atoms with Gasteiger partial charge in [0.15, 0.2) is 0 Å². The SMILES string of the molecule is CC(C=O)c1cc(F)cc(F)c1. The predicted molar refractivity (Wildman–Crippen MR) is 40.8 cm³/mol. The van der Waals surface area contributed by atoms with Gasteiger partial charge in [-0.15, -0.1) is 0 Å². The second-order valence-corrected chi connectivity index (χ2v) is 2.63. The van der Waals surface area contributed by atoms with Crippen molar-refractivity contribution in [3.8, 4) is 0 Å². The number of hydrogen-bond acceptors (Lipinski definition) is 1. The van der Waals surface area contributed by atoms with E-state index in [4.69, 9.17) is 0 Å². The van der Waals surface area contributed by atoms with Crippen molar-refractivity contribution >= 4 is 6.29 Å². The minimum atomic E-state index is -0.654. The number of hydrogen-bond donors (Lipinski definition) is 0. The summed E-state index contributed by atoms with van der Waals surface area (Å²) >= 11 is 0. The maximum atomic E-state index is 12.6. The van der Waals surface area contributed by atoms with Crippen molar-refractivity contribution in [2.75, 3.05) is 0 Å². The normalized spacial score (nSPS) is 12.6. The first-order valence-electron chi connectivity index (χ1n) is 3.55. The van der Waals surface area contributed by atoms with Crippen LogP contribution in [-0.2, 0) is 4.79 Å². The van der Waals surface area contributed by atoms with Gasteiger partial charge in [-0.3, -0.25) is 0 Å². The Labute approximate surface area is 69.0 Å². The van der Waals surface area contributed by atoms with Crippen LogP contribution in [0.25, 0.3) is 0 Å². The third-order valence-electron chi connectivity index (χ3n) is 1.61. The van der Waals surface area contributed by atoms with Gasteiger partial charge in [0.25, 0.3) is 0 Å². The Bertz CT molecular complexity index is 276. The first-order valence-corrected chi connectivity index (χ1v) is 3.55. The summed E-state index contributed by atoms with van der Waals surface area (Å²) in [5, 5.41) is 0. The zero-order valence-corrected chi connectivity index (χ0v) is 6.55. The van der Waals surface area contributed by atoms with Crippen LogP contribution in [0.15, 0.2) is 18.2 Å². The zero-order chi connectivity index (χ0) is 9.14.